The van der Waals surface area contributed by atoms with Gasteiger partial charge in [0.15, 0.2) is 0 Å². The zero-order valence-corrected chi connectivity index (χ0v) is 19.2. The van der Waals surface area contributed by atoms with Gasteiger partial charge in [0.1, 0.15) is 0 Å². The topological polar surface area (TPSA) is 9.86 Å². The molecule has 0 radical (unpaired) electrons. The van der Waals surface area contributed by atoms with E-state index in [-0.39, 0.29) is 49.4 Å². The molecule has 38 heavy (non-hydrogen) atoms. The van der Waals surface area contributed by atoms with E-state index in [2.05, 4.69) is 0 Å². The quantitative estimate of drug-likeness (QED) is 0.227. The van der Waals surface area contributed by atoms with E-state index in [1.807, 2.05) is 0 Å². The van der Waals surface area contributed by atoms with Crippen LogP contribution in [0.3, 0.4) is 0 Å². The molecule has 0 aliphatic rings. The molecule has 0 atom stereocenters. The van der Waals surface area contributed by atoms with Crippen LogP contribution in [0.2, 0.25) is 0 Å². The summed E-state index contributed by atoms with van der Waals surface area (Å²) in [6.45, 7) is 0. The van der Waals surface area contributed by atoms with E-state index in [0.29, 0.717) is 0 Å². The number of nitrogens with zero attached hydrogens (tertiary/aromatic N) is 2. The molecular weight excluding hydrogens is 460 g/mol. The molecule has 2 heteroatoms. The van der Waals surface area contributed by atoms with Crippen LogP contribution in [0.5, 0.6) is 0 Å². The molecule has 2 aromatic heterocycles. The highest BCUT2D eigenvalue weighted by Crippen LogP contribution is 2.38. The minimum atomic E-state index is -0.810. The van der Waals surface area contributed by atoms with Crippen molar-refractivity contribution in [3.63, 3.8) is 0 Å². The van der Waals surface area contributed by atoms with Crippen LogP contribution in [-0.4, -0.2) is 9.13 Å². The van der Waals surface area contributed by atoms with Gasteiger partial charge in [0.25, 0.3) is 0 Å². The van der Waals surface area contributed by atoms with E-state index in [1.54, 1.807) is 0 Å². The van der Waals surface area contributed by atoms with Crippen molar-refractivity contribution < 1.29 is 27.4 Å². The lowest BCUT2D eigenvalue weighted by atomic mass is 10.0. The van der Waals surface area contributed by atoms with Crippen LogP contribution in [0.4, 0.5) is 0 Å². The van der Waals surface area contributed by atoms with E-state index in [4.69, 9.17) is 23.3 Å². The van der Waals surface area contributed by atoms with Crippen molar-refractivity contribution in [3.05, 3.63) is 145 Å². The first-order valence-corrected chi connectivity index (χ1v) is 11.4. The summed E-state index contributed by atoms with van der Waals surface area (Å²) in [6, 6.07) is -8.23. The van der Waals surface area contributed by atoms with Gasteiger partial charge in [0, 0.05) is 32.8 Å². The van der Waals surface area contributed by atoms with Crippen molar-refractivity contribution in [2.24, 2.45) is 0 Å². The Balaban J connectivity index is 1.66. The van der Waals surface area contributed by atoms with Gasteiger partial charge in [-0.3, -0.25) is 0 Å². The van der Waals surface area contributed by atoms with Gasteiger partial charge in [-0.05, 0) is 47.9 Å². The lowest BCUT2D eigenvalue weighted by Crippen LogP contribution is -1.97. The van der Waals surface area contributed by atoms with Crippen molar-refractivity contribution in [2.45, 2.75) is 0 Å². The van der Waals surface area contributed by atoms with E-state index in [1.165, 1.54) is 24.3 Å². The van der Waals surface area contributed by atoms with Gasteiger partial charge >= 0.3 is 0 Å². The fourth-order valence-corrected chi connectivity index (χ4v) is 4.77. The molecule has 0 bridgehead atoms. The van der Waals surface area contributed by atoms with Crippen LogP contribution in [-0.2, 0) is 0 Å². The summed E-state index contributed by atoms with van der Waals surface area (Å²) in [6.07, 6.45) is 0. The van der Waals surface area contributed by atoms with Gasteiger partial charge in [-0.15, -0.1) is 0 Å². The largest absolute Gasteiger partial charge is 0.309 e. The SMILES string of the molecule is [2H]c1c([2H])c([2H])c(-c2ccccc2-n2c3c([2H])c([2H])c([2H])c([2H])c3c3c([2H])c(-n4c5c([2H])c([2H])c([2H])c([2H])c5c5c([2H])c([2H])c([2H])c([2H])c54)c([2H])c([2H])c32)c([2H])c1[2H]. The fraction of sp³-hybridized carbons (Fsp3) is 0. The molecule has 0 unspecified atom stereocenters. The molecule has 0 N–H and O–H groups in total. The Hall–Kier alpha value is -5.08. The van der Waals surface area contributed by atoms with Crippen LogP contribution < -0.4 is 0 Å². The second kappa shape index (κ2) is 8.22. The summed E-state index contributed by atoms with van der Waals surface area (Å²) < 4.78 is 177. The number of benzene rings is 6. The minimum absolute atomic E-state index is 0.0263. The minimum Gasteiger partial charge on any atom is -0.309 e. The van der Waals surface area contributed by atoms with E-state index >= 15 is 0 Å². The van der Waals surface area contributed by atoms with Crippen LogP contribution >= 0.6 is 0 Å². The van der Waals surface area contributed by atoms with Crippen molar-refractivity contribution in [3.8, 4) is 22.5 Å². The van der Waals surface area contributed by atoms with Crippen LogP contribution in [0.25, 0.3) is 66.1 Å². The van der Waals surface area contributed by atoms with Crippen molar-refractivity contribution in [2.75, 3.05) is 0 Å². The van der Waals surface area contributed by atoms with Gasteiger partial charge in [-0.1, -0.05) is 103 Å². The second-order valence-corrected chi connectivity index (χ2v) is 8.31. The Labute approximate surface area is 248 Å². The summed E-state index contributed by atoms with van der Waals surface area (Å²) in [7, 11) is 0. The molecular formula is C36H24N2. The number of para-hydroxylation sites is 4. The highest BCUT2D eigenvalue weighted by Gasteiger charge is 2.17. The maximum atomic E-state index is 9.75. The molecule has 6 aromatic carbocycles. The van der Waals surface area contributed by atoms with Gasteiger partial charge < -0.3 is 9.13 Å². The molecule has 0 spiro atoms. The average molecular weight is 505 g/mol. The highest BCUT2D eigenvalue weighted by molar-refractivity contribution is 6.12. The van der Waals surface area contributed by atoms with Crippen LogP contribution in [0.15, 0.2) is 145 Å². The molecule has 0 aliphatic carbocycles. The molecule has 2 nitrogen and oxygen atoms in total. The first kappa shape index (κ1) is 9.34. The predicted octanol–water partition coefficient (Wildman–Crippen LogP) is 9.55. The average Bonchev–Trinajstić information content (AvgIpc) is 3.75. The first-order chi connectivity index (χ1) is 27.2. The summed E-state index contributed by atoms with van der Waals surface area (Å²) in [5.74, 6) is 0. The van der Waals surface area contributed by atoms with Gasteiger partial charge in [0.05, 0.1) is 55.2 Å². The summed E-state index contributed by atoms with van der Waals surface area (Å²) >= 11 is 0. The lowest BCUT2D eigenvalue weighted by molar-refractivity contribution is 1.17. The molecule has 8 rings (SSSR count). The summed E-state index contributed by atoms with van der Waals surface area (Å²) in [5, 5.41) is -1.39. The van der Waals surface area contributed by atoms with E-state index in [0.717, 1.165) is 9.13 Å². The zero-order valence-electron chi connectivity index (χ0n) is 39.2. The Morgan fingerprint density at radius 1 is 0.447 bits per heavy atom. The molecule has 0 amide bonds. The molecule has 0 saturated heterocycles. The molecule has 0 aliphatic heterocycles. The van der Waals surface area contributed by atoms with Crippen molar-refractivity contribution in [1.82, 2.24) is 9.13 Å². The van der Waals surface area contributed by atoms with Gasteiger partial charge in [-0.2, -0.15) is 0 Å². The van der Waals surface area contributed by atoms with E-state index in [9.17, 15) is 4.11 Å². The predicted molar refractivity (Wildman–Crippen MR) is 161 cm³/mol. The summed E-state index contributed by atoms with van der Waals surface area (Å²) in [4.78, 5) is 0. The lowest BCUT2D eigenvalue weighted by Gasteiger charge is -2.14. The van der Waals surface area contributed by atoms with Gasteiger partial charge in [0.2, 0.25) is 0 Å². The Bertz CT molecular complexity index is 3130. The van der Waals surface area contributed by atoms with Crippen molar-refractivity contribution >= 4 is 43.6 Å². The third kappa shape index (κ3) is 3.01. The van der Waals surface area contributed by atoms with Crippen LogP contribution in [0.1, 0.15) is 27.4 Å². The number of fused-ring (bicyclic) bond motifs is 6. The normalized spacial score (nSPS) is 19.1. The Morgan fingerprint density at radius 2 is 0.974 bits per heavy atom. The maximum absolute atomic E-state index is 9.75. The number of hydrogen-bond acceptors (Lipinski definition) is 0. The molecule has 8 aromatic rings. The second-order valence-electron chi connectivity index (χ2n) is 8.31. The first-order valence-electron chi connectivity index (χ1n) is 21.4. The monoisotopic (exact) mass is 504 g/mol. The number of hydrogen-bond donors (Lipinski definition) is 0. The standard InChI is InChI=1S/C36H24N2/c1-2-12-25(13-3-1)27-14-4-8-18-32(27)38-35-21-11-7-17-30(35)31-24-26(22-23-36(31)38)37-33-19-9-5-15-28(33)29-16-6-10-20-34(29)37/h1-24H/i1D,2D,3D,5D,6D,7D,9D,10D,11D,12D,13D,15D,16D,17D,19D,20D,21D,22D,23D,24D. The third-order valence-corrected chi connectivity index (χ3v) is 6.31. The molecule has 0 fully saturated rings. The highest BCUT2D eigenvalue weighted by atomic mass is 15.0. The molecule has 0 saturated carbocycles. The Morgan fingerprint density at radius 3 is 1.66 bits per heavy atom. The number of rotatable bonds is 3. The van der Waals surface area contributed by atoms with Crippen molar-refractivity contribution in [1.29, 1.82) is 0 Å². The smallest absolute Gasteiger partial charge is 0.0652 e. The molecule has 178 valence electrons. The van der Waals surface area contributed by atoms with E-state index < -0.39 is 138 Å². The summed E-state index contributed by atoms with van der Waals surface area (Å²) in [5.41, 5.74) is -2.50. The number of aromatic nitrogens is 2. The molecule has 2 heterocycles. The maximum Gasteiger partial charge on any atom is 0.0652 e. The zero-order chi connectivity index (χ0) is 42.5. The Kier molecular flexibility index (Phi) is 2.02. The van der Waals surface area contributed by atoms with Gasteiger partial charge in [-0.25, -0.2) is 0 Å². The third-order valence-electron chi connectivity index (χ3n) is 6.31. The fourth-order valence-electron chi connectivity index (χ4n) is 4.77. The van der Waals surface area contributed by atoms with Crippen LogP contribution in [0, 0.1) is 0 Å².